The first-order chi connectivity index (χ1) is 12.1. The zero-order valence-electron chi connectivity index (χ0n) is 15.2. The molecule has 0 saturated heterocycles. The maximum atomic E-state index is 5.41. The molecule has 0 radical (unpaired) electrons. The highest BCUT2D eigenvalue weighted by atomic mass is 16.5. The summed E-state index contributed by atoms with van der Waals surface area (Å²) in [7, 11) is 1.67. The topological polar surface area (TPSA) is 73.1 Å². The Bertz CT molecular complexity index is 858. The Morgan fingerprint density at radius 3 is 2.84 bits per heavy atom. The van der Waals surface area contributed by atoms with Gasteiger partial charge in [-0.3, -0.25) is 4.98 Å². The van der Waals surface area contributed by atoms with Crippen LogP contribution in [0.4, 0.5) is 5.69 Å². The predicted molar refractivity (Wildman–Crippen MR) is 98.2 cm³/mol. The monoisotopic (exact) mass is 340 g/mol. The van der Waals surface area contributed by atoms with Gasteiger partial charge in [0.15, 0.2) is 5.82 Å². The van der Waals surface area contributed by atoms with Crippen molar-refractivity contribution in [2.45, 2.75) is 39.5 Å². The minimum absolute atomic E-state index is 0.288. The lowest BCUT2D eigenvalue weighted by atomic mass is 10.1. The van der Waals surface area contributed by atoms with E-state index in [0.717, 1.165) is 53.1 Å². The van der Waals surface area contributed by atoms with Gasteiger partial charge in [-0.25, -0.2) is 0 Å². The van der Waals surface area contributed by atoms with Crippen molar-refractivity contribution in [3.05, 3.63) is 41.7 Å². The second-order valence-electron chi connectivity index (χ2n) is 6.40. The fourth-order valence-electron chi connectivity index (χ4n) is 2.75. The van der Waals surface area contributed by atoms with Gasteiger partial charge in [0.2, 0.25) is 5.89 Å². The van der Waals surface area contributed by atoms with Gasteiger partial charge in [-0.1, -0.05) is 31.1 Å². The Labute approximate surface area is 147 Å². The van der Waals surface area contributed by atoms with E-state index in [0.29, 0.717) is 5.89 Å². The highest BCUT2D eigenvalue weighted by molar-refractivity contribution is 5.96. The SMILES string of the molecule is COc1cccc2c(NCCCc3nc(C(C)C)no3)c(C)cnc12. The van der Waals surface area contributed by atoms with E-state index < -0.39 is 0 Å². The van der Waals surface area contributed by atoms with Crippen LogP contribution in [-0.4, -0.2) is 28.8 Å². The Morgan fingerprint density at radius 2 is 2.12 bits per heavy atom. The molecule has 0 aliphatic carbocycles. The molecule has 3 rings (SSSR count). The molecule has 0 amide bonds. The first-order valence-corrected chi connectivity index (χ1v) is 8.58. The van der Waals surface area contributed by atoms with E-state index in [-0.39, 0.29) is 5.92 Å². The number of anilines is 1. The summed E-state index contributed by atoms with van der Waals surface area (Å²) in [6.45, 7) is 6.99. The number of ether oxygens (including phenoxy) is 1. The van der Waals surface area contributed by atoms with E-state index >= 15 is 0 Å². The van der Waals surface area contributed by atoms with E-state index in [1.165, 1.54) is 0 Å². The molecule has 132 valence electrons. The lowest BCUT2D eigenvalue weighted by Crippen LogP contribution is -2.06. The number of benzene rings is 1. The van der Waals surface area contributed by atoms with E-state index in [4.69, 9.17) is 9.26 Å². The van der Waals surface area contributed by atoms with E-state index in [1.54, 1.807) is 7.11 Å². The summed E-state index contributed by atoms with van der Waals surface area (Å²) in [5, 5.41) is 8.59. The Kier molecular flexibility index (Phi) is 5.16. The van der Waals surface area contributed by atoms with Crippen molar-refractivity contribution >= 4 is 16.6 Å². The van der Waals surface area contributed by atoms with Gasteiger partial charge < -0.3 is 14.6 Å². The van der Waals surface area contributed by atoms with Crippen molar-refractivity contribution < 1.29 is 9.26 Å². The first-order valence-electron chi connectivity index (χ1n) is 8.58. The molecule has 0 aliphatic rings. The van der Waals surface area contributed by atoms with E-state index in [1.807, 2.05) is 18.3 Å². The van der Waals surface area contributed by atoms with E-state index in [2.05, 4.69) is 47.3 Å². The summed E-state index contributed by atoms with van der Waals surface area (Å²) < 4.78 is 10.7. The molecule has 0 unspecified atom stereocenters. The largest absolute Gasteiger partial charge is 0.494 e. The number of nitrogens with zero attached hydrogens (tertiary/aromatic N) is 3. The van der Waals surface area contributed by atoms with Gasteiger partial charge in [-0.05, 0) is 25.0 Å². The minimum atomic E-state index is 0.288. The maximum Gasteiger partial charge on any atom is 0.226 e. The number of aromatic nitrogens is 3. The van der Waals surface area contributed by atoms with Gasteiger partial charge in [0.25, 0.3) is 0 Å². The van der Waals surface area contributed by atoms with Gasteiger partial charge in [-0.15, -0.1) is 0 Å². The summed E-state index contributed by atoms with van der Waals surface area (Å²) in [4.78, 5) is 8.92. The predicted octanol–water partition coefficient (Wildman–Crippen LogP) is 4.10. The fraction of sp³-hybridized carbons (Fsp3) is 0.421. The molecule has 0 bridgehead atoms. The average Bonchev–Trinajstić information content (AvgIpc) is 3.08. The van der Waals surface area contributed by atoms with Crippen LogP contribution in [0.2, 0.25) is 0 Å². The molecule has 0 fully saturated rings. The molecule has 25 heavy (non-hydrogen) atoms. The molecule has 1 aromatic carbocycles. The van der Waals surface area contributed by atoms with Crippen LogP contribution < -0.4 is 10.1 Å². The second kappa shape index (κ2) is 7.51. The smallest absolute Gasteiger partial charge is 0.226 e. The molecule has 0 atom stereocenters. The summed E-state index contributed by atoms with van der Waals surface area (Å²) in [6, 6.07) is 5.97. The summed E-state index contributed by atoms with van der Waals surface area (Å²) in [5.41, 5.74) is 3.08. The standard InChI is InChI=1S/C19H24N4O2/c1-12(2)19-22-16(25-23-19)9-6-10-20-17-13(3)11-21-18-14(17)7-5-8-15(18)24-4/h5,7-8,11-12H,6,9-10H2,1-4H3,(H,20,21). The molecule has 3 aromatic rings. The zero-order valence-corrected chi connectivity index (χ0v) is 15.2. The Balaban J connectivity index is 1.67. The van der Waals surface area contributed by atoms with Crippen LogP contribution in [0.25, 0.3) is 10.9 Å². The number of rotatable bonds is 7. The summed E-state index contributed by atoms with van der Waals surface area (Å²) in [5.74, 6) is 2.54. The molecule has 0 saturated carbocycles. The van der Waals surface area contributed by atoms with Gasteiger partial charge in [-0.2, -0.15) is 4.98 Å². The van der Waals surface area contributed by atoms with Gasteiger partial charge in [0.1, 0.15) is 11.3 Å². The zero-order chi connectivity index (χ0) is 17.8. The van der Waals surface area contributed by atoms with Crippen LogP contribution in [0.5, 0.6) is 5.75 Å². The molecular formula is C19H24N4O2. The molecule has 2 aromatic heterocycles. The van der Waals surface area contributed by atoms with Gasteiger partial charge >= 0.3 is 0 Å². The highest BCUT2D eigenvalue weighted by Crippen LogP contribution is 2.31. The van der Waals surface area contributed by atoms with E-state index in [9.17, 15) is 0 Å². The fourth-order valence-corrected chi connectivity index (χ4v) is 2.75. The molecule has 6 heteroatoms. The second-order valence-corrected chi connectivity index (χ2v) is 6.40. The molecular weight excluding hydrogens is 316 g/mol. The number of aryl methyl sites for hydroxylation is 2. The number of hydrogen-bond acceptors (Lipinski definition) is 6. The number of hydrogen-bond donors (Lipinski definition) is 1. The summed E-state index contributed by atoms with van der Waals surface area (Å²) >= 11 is 0. The van der Waals surface area contributed by atoms with Crippen LogP contribution in [-0.2, 0) is 6.42 Å². The van der Waals surface area contributed by atoms with Gasteiger partial charge in [0.05, 0.1) is 7.11 Å². The number of para-hydroxylation sites is 1. The molecule has 2 heterocycles. The average molecular weight is 340 g/mol. The number of fused-ring (bicyclic) bond motifs is 1. The molecule has 0 spiro atoms. The van der Waals surface area contributed by atoms with Crippen molar-refractivity contribution in [1.82, 2.24) is 15.1 Å². The third-order valence-corrected chi connectivity index (χ3v) is 4.14. The Hall–Kier alpha value is -2.63. The number of nitrogens with one attached hydrogen (secondary N) is 1. The quantitative estimate of drug-likeness (QED) is 0.653. The maximum absolute atomic E-state index is 5.41. The van der Waals surface area contributed by atoms with Crippen molar-refractivity contribution in [1.29, 1.82) is 0 Å². The van der Waals surface area contributed by atoms with Crippen molar-refractivity contribution in [2.75, 3.05) is 19.0 Å². The normalized spacial score (nSPS) is 11.2. The summed E-state index contributed by atoms with van der Waals surface area (Å²) in [6.07, 6.45) is 3.55. The van der Waals surface area contributed by atoms with Crippen LogP contribution in [0.1, 0.15) is 43.5 Å². The van der Waals surface area contributed by atoms with Crippen LogP contribution in [0.3, 0.4) is 0 Å². The van der Waals surface area contributed by atoms with Crippen molar-refractivity contribution in [2.24, 2.45) is 0 Å². The number of pyridine rings is 1. The van der Waals surface area contributed by atoms with Crippen molar-refractivity contribution in [3.63, 3.8) is 0 Å². The third-order valence-electron chi connectivity index (χ3n) is 4.14. The molecule has 1 N–H and O–H groups in total. The highest BCUT2D eigenvalue weighted by Gasteiger charge is 2.11. The van der Waals surface area contributed by atoms with Gasteiger partial charge in [0, 0.05) is 36.2 Å². The molecule has 6 nitrogen and oxygen atoms in total. The Morgan fingerprint density at radius 1 is 1.28 bits per heavy atom. The lowest BCUT2D eigenvalue weighted by Gasteiger charge is -2.13. The number of methoxy groups -OCH3 is 1. The van der Waals surface area contributed by atoms with Crippen LogP contribution >= 0.6 is 0 Å². The minimum Gasteiger partial charge on any atom is -0.494 e. The molecule has 0 aliphatic heterocycles. The van der Waals surface area contributed by atoms with Crippen LogP contribution in [0.15, 0.2) is 28.9 Å². The van der Waals surface area contributed by atoms with Crippen LogP contribution in [0, 0.1) is 6.92 Å². The lowest BCUT2D eigenvalue weighted by molar-refractivity contribution is 0.369. The van der Waals surface area contributed by atoms with Crippen molar-refractivity contribution in [3.8, 4) is 5.75 Å². The first kappa shape index (κ1) is 17.2. The third kappa shape index (κ3) is 3.73.